The maximum atomic E-state index is 12.5. The van der Waals surface area contributed by atoms with E-state index in [1.54, 1.807) is 30.3 Å². The Morgan fingerprint density at radius 2 is 1.74 bits per heavy atom. The number of anilines is 2. The van der Waals surface area contributed by atoms with E-state index in [0.717, 1.165) is 25.7 Å². The van der Waals surface area contributed by atoms with Crippen molar-refractivity contribution in [3.63, 3.8) is 0 Å². The molecule has 1 aromatic heterocycles. The van der Waals surface area contributed by atoms with Gasteiger partial charge in [-0.3, -0.25) is 14.4 Å². The molecule has 3 amide bonds. The highest BCUT2D eigenvalue weighted by Gasteiger charge is 2.30. The highest BCUT2D eigenvalue weighted by atomic mass is 35.5. The Kier molecular flexibility index (Phi) is 4.88. The molecule has 0 unspecified atom stereocenters. The Bertz CT molecular complexity index is 919. The fourth-order valence-corrected chi connectivity index (χ4v) is 3.56. The number of benzene rings is 1. The van der Waals surface area contributed by atoms with Gasteiger partial charge in [0.25, 0.3) is 11.8 Å². The molecule has 1 aromatic carbocycles. The first kappa shape index (κ1) is 18.0. The van der Waals surface area contributed by atoms with Gasteiger partial charge in [0.05, 0.1) is 20.5 Å². The van der Waals surface area contributed by atoms with Crippen LogP contribution >= 0.6 is 22.9 Å². The molecule has 8 heteroatoms. The van der Waals surface area contributed by atoms with Crippen molar-refractivity contribution in [3.05, 3.63) is 45.8 Å². The summed E-state index contributed by atoms with van der Waals surface area (Å²) >= 11 is 7.33. The van der Waals surface area contributed by atoms with Crippen LogP contribution in [0.15, 0.2) is 30.3 Å². The number of carbonyl (C=O) groups excluding carboxylic acids is 3. The van der Waals surface area contributed by atoms with E-state index in [0.29, 0.717) is 26.2 Å². The molecule has 0 bridgehead atoms. The SMILES string of the molecule is O=C(Nc1ccc(Cl)c(C(=O)NC2CC2)c1)c1ccc(NC(=O)C2CC2)s1. The van der Waals surface area contributed by atoms with Crippen molar-refractivity contribution in [2.24, 2.45) is 5.92 Å². The zero-order valence-corrected chi connectivity index (χ0v) is 16.0. The maximum Gasteiger partial charge on any atom is 0.265 e. The molecule has 2 aliphatic carbocycles. The predicted octanol–water partition coefficient (Wildman–Crippen LogP) is 3.89. The fraction of sp³-hybridized carbons (Fsp3) is 0.316. The predicted molar refractivity (Wildman–Crippen MR) is 106 cm³/mol. The van der Waals surface area contributed by atoms with Gasteiger partial charge in [0.2, 0.25) is 5.91 Å². The lowest BCUT2D eigenvalue weighted by molar-refractivity contribution is -0.117. The molecule has 6 nitrogen and oxygen atoms in total. The van der Waals surface area contributed by atoms with E-state index in [2.05, 4.69) is 16.0 Å². The monoisotopic (exact) mass is 403 g/mol. The number of hydrogen-bond donors (Lipinski definition) is 3. The summed E-state index contributed by atoms with van der Waals surface area (Å²) in [5.41, 5.74) is 0.826. The quantitative estimate of drug-likeness (QED) is 0.683. The zero-order chi connectivity index (χ0) is 19.0. The van der Waals surface area contributed by atoms with Gasteiger partial charge in [0, 0.05) is 17.6 Å². The van der Waals surface area contributed by atoms with Crippen LogP contribution in [0.1, 0.15) is 45.7 Å². The van der Waals surface area contributed by atoms with Crippen molar-refractivity contribution in [1.29, 1.82) is 0 Å². The molecule has 0 saturated heterocycles. The summed E-state index contributed by atoms with van der Waals surface area (Å²) in [7, 11) is 0. The molecule has 27 heavy (non-hydrogen) atoms. The molecule has 2 aromatic rings. The van der Waals surface area contributed by atoms with Gasteiger partial charge in [0.15, 0.2) is 0 Å². The molecule has 140 valence electrons. The summed E-state index contributed by atoms with van der Waals surface area (Å²) in [6.45, 7) is 0. The van der Waals surface area contributed by atoms with Crippen LogP contribution < -0.4 is 16.0 Å². The average molecular weight is 404 g/mol. The van der Waals surface area contributed by atoms with Crippen LogP contribution in [-0.4, -0.2) is 23.8 Å². The van der Waals surface area contributed by atoms with E-state index in [9.17, 15) is 14.4 Å². The van der Waals surface area contributed by atoms with Crippen LogP contribution in [0, 0.1) is 5.92 Å². The number of nitrogens with one attached hydrogen (secondary N) is 3. The summed E-state index contributed by atoms with van der Waals surface area (Å²) in [4.78, 5) is 37.0. The van der Waals surface area contributed by atoms with Crippen molar-refractivity contribution >= 4 is 51.3 Å². The van der Waals surface area contributed by atoms with Gasteiger partial charge in [-0.2, -0.15) is 0 Å². The molecule has 0 spiro atoms. The summed E-state index contributed by atoms with van der Waals surface area (Å²) in [5, 5.41) is 9.47. The van der Waals surface area contributed by atoms with Crippen LogP contribution in [0.5, 0.6) is 0 Å². The number of carbonyl (C=O) groups is 3. The molecule has 3 N–H and O–H groups in total. The highest BCUT2D eigenvalue weighted by molar-refractivity contribution is 7.18. The highest BCUT2D eigenvalue weighted by Crippen LogP contribution is 2.32. The van der Waals surface area contributed by atoms with Crippen molar-refractivity contribution in [1.82, 2.24) is 5.32 Å². The minimum atomic E-state index is -0.303. The summed E-state index contributed by atoms with van der Waals surface area (Å²) < 4.78 is 0. The Hall–Kier alpha value is -2.38. The number of halogens is 1. The standard InChI is InChI=1S/C19H18ClN3O3S/c20-14-6-5-12(9-13(14)18(25)21-11-3-4-11)22-19(26)15-7-8-16(27-15)23-17(24)10-1-2-10/h5-11H,1-4H2,(H,21,25)(H,22,26)(H,23,24). The van der Waals surface area contributed by atoms with Crippen molar-refractivity contribution in [3.8, 4) is 0 Å². The van der Waals surface area contributed by atoms with Gasteiger partial charge in [0.1, 0.15) is 0 Å². The second-order valence-electron chi connectivity index (χ2n) is 6.82. The number of rotatable bonds is 6. The van der Waals surface area contributed by atoms with Crippen molar-refractivity contribution < 1.29 is 14.4 Å². The van der Waals surface area contributed by atoms with E-state index in [-0.39, 0.29) is 29.7 Å². The maximum absolute atomic E-state index is 12.5. The van der Waals surface area contributed by atoms with Gasteiger partial charge in [-0.25, -0.2) is 0 Å². The van der Waals surface area contributed by atoms with Gasteiger partial charge in [-0.05, 0) is 56.0 Å². The molecular weight excluding hydrogens is 386 g/mol. The number of amides is 3. The van der Waals surface area contributed by atoms with Gasteiger partial charge in [-0.1, -0.05) is 11.6 Å². The minimum Gasteiger partial charge on any atom is -0.349 e. The molecule has 2 fully saturated rings. The second-order valence-corrected chi connectivity index (χ2v) is 8.31. The third-order valence-corrected chi connectivity index (χ3v) is 5.73. The lowest BCUT2D eigenvalue weighted by Gasteiger charge is -2.09. The third-order valence-electron chi connectivity index (χ3n) is 4.41. The molecule has 2 saturated carbocycles. The molecule has 0 radical (unpaired) electrons. The van der Waals surface area contributed by atoms with E-state index >= 15 is 0 Å². The molecule has 0 atom stereocenters. The van der Waals surface area contributed by atoms with E-state index < -0.39 is 0 Å². The topological polar surface area (TPSA) is 87.3 Å². The second kappa shape index (κ2) is 7.32. The summed E-state index contributed by atoms with van der Waals surface area (Å²) in [5.74, 6) is -0.422. The fourth-order valence-electron chi connectivity index (χ4n) is 2.56. The van der Waals surface area contributed by atoms with Gasteiger partial charge < -0.3 is 16.0 Å². The summed E-state index contributed by atoms with van der Waals surface area (Å²) in [6.07, 6.45) is 3.82. The smallest absolute Gasteiger partial charge is 0.265 e. The first-order chi connectivity index (χ1) is 13.0. The Morgan fingerprint density at radius 3 is 2.44 bits per heavy atom. The van der Waals surface area contributed by atoms with E-state index in [1.807, 2.05) is 0 Å². The molecule has 0 aliphatic heterocycles. The first-order valence-electron chi connectivity index (χ1n) is 8.82. The largest absolute Gasteiger partial charge is 0.349 e. The average Bonchev–Trinajstić information content (AvgIpc) is 3.56. The zero-order valence-electron chi connectivity index (χ0n) is 14.4. The van der Waals surface area contributed by atoms with Crippen LogP contribution in [-0.2, 0) is 4.79 Å². The van der Waals surface area contributed by atoms with Crippen LogP contribution in [0.2, 0.25) is 5.02 Å². The number of hydrogen-bond acceptors (Lipinski definition) is 4. The molecule has 4 rings (SSSR count). The van der Waals surface area contributed by atoms with Crippen molar-refractivity contribution in [2.75, 3.05) is 10.6 Å². The minimum absolute atomic E-state index is 0.00725. The molecular formula is C19H18ClN3O3S. The number of thiophene rings is 1. The first-order valence-corrected chi connectivity index (χ1v) is 10.0. The third kappa shape index (κ3) is 4.48. The Morgan fingerprint density at radius 1 is 0.963 bits per heavy atom. The molecule has 1 heterocycles. The van der Waals surface area contributed by atoms with E-state index in [1.165, 1.54) is 11.3 Å². The van der Waals surface area contributed by atoms with Crippen molar-refractivity contribution in [2.45, 2.75) is 31.7 Å². The summed E-state index contributed by atoms with van der Waals surface area (Å²) in [6, 6.07) is 8.42. The van der Waals surface area contributed by atoms with Crippen LogP contribution in [0.25, 0.3) is 0 Å². The van der Waals surface area contributed by atoms with Gasteiger partial charge >= 0.3 is 0 Å². The van der Waals surface area contributed by atoms with Crippen LogP contribution in [0.3, 0.4) is 0 Å². The van der Waals surface area contributed by atoms with Gasteiger partial charge in [-0.15, -0.1) is 11.3 Å². The Labute approximate surface area is 165 Å². The molecule has 2 aliphatic rings. The lowest BCUT2D eigenvalue weighted by atomic mass is 10.2. The Balaban J connectivity index is 1.42. The van der Waals surface area contributed by atoms with E-state index in [4.69, 9.17) is 11.6 Å². The normalized spacial score (nSPS) is 15.9. The van der Waals surface area contributed by atoms with Crippen LogP contribution in [0.4, 0.5) is 10.7 Å². The lowest BCUT2D eigenvalue weighted by Crippen LogP contribution is -2.25.